The van der Waals surface area contributed by atoms with E-state index in [0.717, 1.165) is 0 Å². The number of benzene rings is 1. The number of aldehydes is 1. The Hall–Kier alpha value is -1.11. The number of halogens is 1. The summed E-state index contributed by atoms with van der Waals surface area (Å²) in [6.45, 7) is 0. The van der Waals surface area contributed by atoms with Gasteiger partial charge >= 0.3 is 0 Å². The summed E-state index contributed by atoms with van der Waals surface area (Å²) in [6.07, 6.45) is 0.535. The van der Waals surface area contributed by atoms with Gasteiger partial charge in [-0.1, -0.05) is 23.4 Å². The average Bonchev–Trinajstić information content (AvgIpc) is 2.18. The molecular formula is C10H7ClO2S. The molecule has 0 saturated heterocycles. The van der Waals surface area contributed by atoms with Crippen molar-refractivity contribution in [1.82, 2.24) is 0 Å². The van der Waals surface area contributed by atoms with E-state index in [0.29, 0.717) is 22.6 Å². The maximum Gasteiger partial charge on any atom is 0.153 e. The van der Waals surface area contributed by atoms with Crippen LogP contribution < -0.4 is 0 Å². The first kappa shape index (κ1) is 11.0. The van der Waals surface area contributed by atoms with Crippen molar-refractivity contribution in [2.45, 2.75) is 0 Å². The Morgan fingerprint density at radius 2 is 2.29 bits per heavy atom. The van der Waals surface area contributed by atoms with Gasteiger partial charge in [0.25, 0.3) is 0 Å². The van der Waals surface area contributed by atoms with Crippen molar-refractivity contribution in [3.05, 3.63) is 28.3 Å². The van der Waals surface area contributed by atoms with Crippen molar-refractivity contribution in [3.8, 4) is 17.6 Å². The van der Waals surface area contributed by atoms with Crippen LogP contribution in [0.25, 0.3) is 0 Å². The number of phenolic OH excluding ortho intramolecular Hbond substituents is 1. The first-order valence-corrected chi connectivity index (χ1v) is 4.77. The smallest absolute Gasteiger partial charge is 0.153 e. The zero-order valence-corrected chi connectivity index (χ0v) is 8.77. The van der Waals surface area contributed by atoms with Gasteiger partial charge in [-0.2, -0.15) is 12.6 Å². The molecule has 0 radical (unpaired) electrons. The largest absolute Gasteiger partial charge is 0.506 e. The normalized spacial score (nSPS) is 9.00. The minimum atomic E-state index is -0.140. The van der Waals surface area contributed by atoms with Gasteiger partial charge in [0.05, 0.1) is 16.9 Å². The molecule has 1 aromatic carbocycles. The van der Waals surface area contributed by atoms with Gasteiger partial charge in [0.2, 0.25) is 0 Å². The Kier molecular flexibility index (Phi) is 3.87. The fraction of sp³-hybridized carbons (Fsp3) is 0.100. The van der Waals surface area contributed by atoms with E-state index >= 15 is 0 Å². The molecule has 1 rings (SSSR count). The first-order valence-electron chi connectivity index (χ1n) is 3.76. The summed E-state index contributed by atoms with van der Waals surface area (Å²) in [7, 11) is 0. The number of rotatable bonds is 1. The van der Waals surface area contributed by atoms with Gasteiger partial charge in [0.15, 0.2) is 6.29 Å². The minimum absolute atomic E-state index is 0.140. The molecule has 0 amide bonds. The number of aromatic hydroxyl groups is 1. The number of carbonyl (C=O) groups is 1. The highest BCUT2D eigenvalue weighted by Gasteiger charge is 2.06. The highest BCUT2D eigenvalue weighted by atomic mass is 35.5. The second kappa shape index (κ2) is 4.94. The van der Waals surface area contributed by atoms with E-state index in [1.807, 2.05) is 0 Å². The van der Waals surface area contributed by atoms with Crippen molar-refractivity contribution in [2.24, 2.45) is 0 Å². The van der Waals surface area contributed by atoms with Crippen molar-refractivity contribution in [1.29, 1.82) is 0 Å². The van der Waals surface area contributed by atoms with Gasteiger partial charge in [-0.15, -0.1) is 0 Å². The minimum Gasteiger partial charge on any atom is -0.506 e. The molecule has 0 aliphatic heterocycles. The molecule has 0 aliphatic carbocycles. The van der Waals surface area contributed by atoms with Gasteiger partial charge in [0.1, 0.15) is 5.75 Å². The van der Waals surface area contributed by atoms with Gasteiger partial charge in [-0.25, -0.2) is 0 Å². The lowest BCUT2D eigenvalue weighted by molar-refractivity contribution is 0.112. The predicted molar refractivity (Wildman–Crippen MR) is 59.2 cm³/mol. The summed E-state index contributed by atoms with van der Waals surface area (Å²) in [4.78, 5) is 10.5. The number of thiol groups is 1. The summed E-state index contributed by atoms with van der Waals surface area (Å²) >= 11 is 9.62. The second-order valence-corrected chi connectivity index (χ2v) is 3.22. The molecule has 0 unspecified atom stereocenters. The monoisotopic (exact) mass is 226 g/mol. The second-order valence-electron chi connectivity index (χ2n) is 2.47. The first-order chi connectivity index (χ1) is 6.69. The third kappa shape index (κ3) is 2.44. The number of carbonyl (C=O) groups excluding carboxylic acids is 1. The van der Waals surface area contributed by atoms with E-state index in [4.69, 9.17) is 11.6 Å². The SMILES string of the molecule is O=Cc1cc(Cl)cc(C#CCS)c1O. The molecule has 72 valence electrons. The third-order valence-electron chi connectivity index (χ3n) is 1.53. The molecule has 0 bridgehead atoms. The summed E-state index contributed by atoms with van der Waals surface area (Å²) < 4.78 is 0. The van der Waals surface area contributed by atoms with Crippen LogP contribution in [-0.2, 0) is 0 Å². The van der Waals surface area contributed by atoms with E-state index in [1.54, 1.807) is 0 Å². The molecule has 1 aromatic rings. The topological polar surface area (TPSA) is 37.3 Å². The number of hydrogen-bond donors (Lipinski definition) is 2. The van der Waals surface area contributed by atoms with Crippen LogP contribution in [0.15, 0.2) is 12.1 Å². The van der Waals surface area contributed by atoms with Gasteiger partial charge in [-0.3, -0.25) is 4.79 Å². The Morgan fingerprint density at radius 1 is 1.57 bits per heavy atom. The molecule has 2 nitrogen and oxygen atoms in total. The van der Waals surface area contributed by atoms with E-state index in [2.05, 4.69) is 24.5 Å². The summed E-state index contributed by atoms with van der Waals surface area (Å²) in [5, 5.41) is 9.89. The van der Waals surface area contributed by atoms with E-state index < -0.39 is 0 Å². The Bertz CT molecular complexity index is 418. The molecule has 0 aliphatic rings. The number of phenols is 1. The molecule has 0 fully saturated rings. The standard InChI is InChI=1S/C10H7ClO2S/c11-9-4-7(2-1-3-14)10(13)8(5-9)6-12/h4-6,13-14H,3H2. The molecule has 0 atom stereocenters. The van der Waals surface area contributed by atoms with Crippen LogP contribution in [0.5, 0.6) is 5.75 Å². The highest BCUT2D eigenvalue weighted by Crippen LogP contribution is 2.25. The summed E-state index contributed by atoms with van der Waals surface area (Å²) in [5.74, 6) is 5.56. The van der Waals surface area contributed by atoms with Crippen LogP contribution in [-0.4, -0.2) is 17.1 Å². The molecule has 0 saturated carbocycles. The quantitative estimate of drug-likeness (QED) is 0.437. The molecule has 0 aromatic heterocycles. The van der Waals surface area contributed by atoms with Gasteiger partial charge in [0, 0.05) is 5.02 Å². The molecular weight excluding hydrogens is 220 g/mol. The predicted octanol–water partition coefficient (Wildman–Crippen LogP) is 2.14. The highest BCUT2D eigenvalue weighted by molar-refractivity contribution is 7.80. The van der Waals surface area contributed by atoms with Crippen molar-refractivity contribution in [3.63, 3.8) is 0 Å². The van der Waals surface area contributed by atoms with Crippen LogP contribution in [0.3, 0.4) is 0 Å². The fourth-order valence-corrected chi connectivity index (χ4v) is 1.25. The maximum atomic E-state index is 10.5. The van der Waals surface area contributed by atoms with Crippen molar-refractivity contribution in [2.75, 3.05) is 5.75 Å². The summed E-state index contributed by atoms with van der Waals surface area (Å²) in [5.41, 5.74) is 0.481. The van der Waals surface area contributed by atoms with Crippen LogP contribution in [0, 0.1) is 11.8 Å². The van der Waals surface area contributed by atoms with E-state index in [1.165, 1.54) is 12.1 Å². The lowest BCUT2D eigenvalue weighted by Gasteiger charge is -2.00. The zero-order valence-electron chi connectivity index (χ0n) is 7.12. The Morgan fingerprint density at radius 3 is 2.86 bits per heavy atom. The molecule has 0 spiro atoms. The van der Waals surface area contributed by atoms with Crippen LogP contribution >= 0.6 is 24.2 Å². The van der Waals surface area contributed by atoms with E-state index in [9.17, 15) is 9.90 Å². The molecule has 0 heterocycles. The zero-order chi connectivity index (χ0) is 10.6. The van der Waals surface area contributed by atoms with Crippen molar-refractivity contribution >= 4 is 30.5 Å². The van der Waals surface area contributed by atoms with E-state index in [-0.39, 0.29) is 11.3 Å². The fourth-order valence-electron chi connectivity index (χ4n) is 0.940. The molecule has 14 heavy (non-hydrogen) atoms. The van der Waals surface area contributed by atoms with Gasteiger partial charge < -0.3 is 5.11 Å². The van der Waals surface area contributed by atoms with Gasteiger partial charge in [-0.05, 0) is 12.1 Å². The van der Waals surface area contributed by atoms with Crippen molar-refractivity contribution < 1.29 is 9.90 Å². The van der Waals surface area contributed by atoms with Crippen LogP contribution in [0.1, 0.15) is 15.9 Å². The molecule has 1 N–H and O–H groups in total. The Labute approximate surface area is 92.3 Å². The maximum absolute atomic E-state index is 10.5. The summed E-state index contributed by atoms with van der Waals surface area (Å²) in [6, 6.07) is 2.89. The third-order valence-corrected chi connectivity index (χ3v) is 1.91. The lowest BCUT2D eigenvalue weighted by atomic mass is 10.1. The Balaban J connectivity index is 3.28. The average molecular weight is 227 g/mol. The lowest BCUT2D eigenvalue weighted by Crippen LogP contribution is -1.86. The number of hydrogen-bond acceptors (Lipinski definition) is 3. The van der Waals surface area contributed by atoms with Crippen LogP contribution in [0.4, 0.5) is 0 Å². The van der Waals surface area contributed by atoms with Crippen LogP contribution in [0.2, 0.25) is 5.02 Å². The molecule has 4 heteroatoms.